The molecular formula is C20H23N3O4. The van der Waals surface area contributed by atoms with E-state index in [0.717, 1.165) is 22.5 Å². The van der Waals surface area contributed by atoms with E-state index in [9.17, 15) is 9.59 Å². The van der Waals surface area contributed by atoms with Gasteiger partial charge in [-0.15, -0.1) is 0 Å². The third kappa shape index (κ3) is 3.97. The standard InChI is InChI=1S/C20H23N3O4/c1-11-7-15-16(8-12(11)2)23-20(25)17(21-15)10-19(24)22-14-6-5-13(26-3)9-18(14)27-4/h5-9,17,21H,10H2,1-4H3,(H,22,24)(H,23,25). The van der Waals surface area contributed by atoms with Crippen molar-refractivity contribution in [3.8, 4) is 11.5 Å². The Kier molecular flexibility index (Phi) is 5.21. The van der Waals surface area contributed by atoms with Gasteiger partial charge in [-0.1, -0.05) is 0 Å². The Labute approximate surface area is 158 Å². The molecule has 2 aromatic carbocycles. The highest BCUT2D eigenvalue weighted by Gasteiger charge is 2.28. The number of ether oxygens (including phenoxy) is 2. The van der Waals surface area contributed by atoms with E-state index in [4.69, 9.17) is 9.47 Å². The number of aryl methyl sites for hydroxylation is 2. The van der Waals surface area contributed by atoms with Crippen molar-refractivity contribution in [1.82, 2.24) is 0 Å². The topological polar surface area (TPSA) is 88.7 Å². The van der Waals surface area contributed by atoms with Crippen molar-refractivity contribution in [3.63, 3.8) is 0 Å². The summed E-state index contributed by atoms with van der Waals surface area (Å²) < 4.78 is 10.4. The Bertz CT molecular complexity index is 895. The lowest BCUT2D eigenvalue weighted by molar-refractivity contribution is -0.122. The number of methoxy groups -OCH3 is 2. The number of anilines is 3. The predicted molar refractivity (Wildman–Crippen MR) is 105 cm³/mol. The Balaban J connectivity index is 1.71. The number of benzene rings is 2. The van der Waals surface area contributed by atoms with Crippen LogP contribution in [0.4, 0.5) is 17.1 Å². The molecule has 1 aliphatic rings. The summed E-state index contributed by atoms with van der Waals surface area (Å²) in [4.78, 5) is 24.8. The number of carbonyl (C=O) groups excluding carboxylic acids is 2. The van der Waals surface area contributed by atoms with Crippen LogP contribution in [0.25, 0.3) is 0 Å². The first-order valence-corrected chi connectivity index (χ1v) is 8.61. The van der Waals surface area contributed by atoms with E-state index < -0.39 is 6.04 Å². The monoisotopic (exact) mass is 369 g/mol. The van der Waals surface area contributed by atoms with E-state index in [1.165, 1.54) is 7.11 Å². The summed E-state index contributed by atoms with van der Waals surface area (Å²) in [7, 11) is 3.07. The first-order valence-electron chi connectivity index (χ1n) is 8.61. The molecule has 0 radical (unpaired) electrons. The van der Waals surface area contributed by atoms with Gasteiger partial charge in [0.05, 0.1) is 37.7 Å². The number of rotatable bonds is 5. The van der Waals surface area contributed by atoms with Gasteiger partial charge in [0.2, 0.25) is 11.8 Å². The van der Waals surface area contributed by atoms with E-state index in [1.807, 2.05) is 26.0 Å². The van der Waals surface area contributed by atoms with Crippen molar-refractivity contribution in [2.24, 2.45) is 0 Å². The van der Waals surface area contributed by atoms with E-state index in [2.05, 4.69) is 16.0 Å². The van der Waals surface area contributed by atoms with Crippen molar-refractivity contribution in [3.05, 3.63) is 41.5 Å². The molecule has 0 bridgehead atoms. The summed E-state index contributed by atoms with van der Waals surface area (Å²) in [5, 5.41) is 8.80. The van der Waals surface area contributed by atoms with E-state index in [1.54, 1.807) is 25.3 Å². The zero-order valence-corrected chi connectivity index (χ0v) is 15.8. The molecule has 1 unspecified atom stereocenters. The highest BCUT2D eigenvalue weighted by Crippen LogP contribution is 2.31. The Morgan fingerprint density at radius 3 is 2.44 bits per heavy atom. The lowest BCUT2D eigenvalue weighted by Crippen LogP contribution is -2.41. The van der Waals surface area contributed by atoms with Gasteiger partial charge in [-0.05, 0) is 49.2 Å². The largest absolute Gasteiger partial charge is 0.497 e. The molecule has 0 aliphatic carbocycles. The van der Waals surface area contributed by atoms with Gasteiger partial charge in [0.15, 0.2) is 0 Å². The van der Waals surface area contributed by atoms with Crippen molar-refractivity contribution >= 4 is 28.9 Å². The second kappa shape index (κ2) is 7.57. The molecule has 7 nitrogen and oxygen atoms in total. The van der Waals surface area contributed by atoms with Gasteiger partial charge in [-0.3, -0.25) is 9.59 Å². The molecule has 27 heavy (non-hydrogen) atoms. The summed E-state index contributed by atoms with van der Waals surface area (Å²) >= 11 is 0. The molecule has 0 saturated carbocycles. The van der Waals surface area contributed by atoms with Gasteiger partial charge >= 0.3 is 0 Å². The highest BCUT2D eigenvalue weighted by atomic mass is 16.5. The molecule has 1 atom stereocenters. The SMILES string of the molecule is COc1ccc(NC(=O)CC2Nc3cc(C)c(C)cc3NC2=O)c(OC)c1. The summed E-state index contributed by atoms with van der Waals surface area (Å²) in [6, 6.07) is 8.36. The summed E-state index contributed by atoms with van der Waals surface area (Å²) in [5.74, 6) is 0.585. The minimum absolute atomic E-state index is 0.00657. The minimum atomic E-state index is -0.649. The van der Waals surface area contributed by atoms with Crippen LogP contribution in [0.3, 0.4) is 0 Å². The van der Waals surface area contributed by atoms with Crippen LogP contribution in [0.5, 0.6) is 11.5 Å². The highest BCUT2D eigenvalue weighted by molar-refractivity contribution is 6.06. The average molecular weight is 369 g/mol. The first kappa shape index (κ1) is 18.6. The fraction of sp³-hybridized carbons (Fsp3) is 0.300. The van der Waals surface area contributed by atoms with E-state index >= 15 is 0 Å². The van der Waals surface area contributed by atoms with Crippen LogP contribution in [-0.4, -0.2) is 32.1 Å². The molecule has 7 heteroatoms. The average Bonchev–Trinajstić information content (AvgIpc) is 2.64. The Morgan fingerprint density at radius 2 is 1.78 bits per heavy atom. The van der Waals surface area contributed by atoms with Gasteiger partial charge in [-0.25, -0.2) is 0 Å². The number of amides is 2. The molecule has 2 aromatic rings. The van der Waals surface area contributed by atoms with Crippen molar-refractivity contribution < 1.29 is 19.1 Å². The normalized spacial score (nSPS) is 15.3. The fourth-order valence-corrected chi connectivity index (χ4v) is 2.94. The van der Waals surface area contributed by atoms with Crippen molar-refractivity contribution in [1.29, 1.82) is 0 Å². The van der Waals surface area contributed by atoms with Gasteiger partial charge in [-0.2, -0.15) is 0 Å². The first-order chi connectivity index (χ1) is 12.9. The summed E-state index contributed by atoms with van der Waals surface area (Å²) in [6.45, 7) is 3.99. The molecule has 2 amide bonds. The maximum atomic E-state index is 12.5. The maximum Gasteiger partial charge on any atom is 0.247 e. The molecular weight excluding hydrogens is 346 g/mol. The molecule has 0 saturated heterocycles. The molecule has 3 rings (SSSR count). The van der Waals surface area contributed by atoms with Gasteiger partial charge in [0.1, 0.15) is 17.5 Å². The molecule has 1 aliphatic heterocycles. The maximum absolute atomic E-state index is 12.5. The molecule has 0 spiro atoms. The zero-order chi connectivity index (χ0) is 19.6. The van der Waals surface area contributed by atoms with Crippen LogP contribution in [0.2, 0.25) is 0 Å². The zero-order valence-electron chi connectivity index (χ0n) is 15.8. The number of carbonyl (C=O) groups is 2. The number of fused-ring (bicyclic) bond motifs is 1. The third-order valence-corrected chi connectivity index (χ3v) is 4.61. The van der Waals surface area contributed by atoms with Crippen LogP contribution >= 0.6 is 0 Å². The number of hydrogen-bond donors (Lipinski definition) is 3. The van der Waals surface area contributed by atoms with Crippen LogP contribution in [0.15, 0.2) is 30.3 Å². The van der Waals surface area contributed by atoms with E-state index in [0.29, 0.717) is 17.2 Å². The summed E-state index contributed by atoms with van der Waals surface area (Å²) in [6.07, 6.45) is -0.00657. The Hall–Kier alpha value is -3.22. The molecule has 1 heterocycles. The van der Waals surface area contributed by atoms with Gasteiger partial charge in [0.25, 0.3) is 0 Å². The predicted octanol–water partition coefficient (Wildman–Crippen LogP) is 3.08. The second-order valence-corrected chi connectivity index (χ2v) is 6.49. The van der Waals surface area contributed by atoms with E-state index in [-0.39, 0.29) is 18.2 Å². The second-order valence-electron chi connectivity index (χ2n) is 6.49. The molecule has 0 fully saturated rings. The number of nitrogens with one attached hydrogen (secondary N) is 3. The number of hydrogen-bond acceptors (Lipinski definition) is 5. The molecule has 142 valence electrons. The minimum Gasteiger partial charge on any atom is -0.497 e. The van der Waals surface area contributed by atoms with Crippen LogP contribution in [-0.2, 0) is 9.59 Å². The smallest absolute Gasteiger partial charge is 0.247 e. The lowest BCUT2D eigenvalue weighted by Gasteiger charge is -2.27. The molecule has 3 N–H and O–H groups in total. The quantitative estimate of drug-likeness (QED) is 0.754. The van der Waals surface area contributed by atoms with Crippen LogP contribution < -0.4 is 25.4 Å². The van der Waals surface area contributed by atoms with Crippen LogP contribution in [0.1, 0.15) is 17.5 Å². The third-order valence-electron chi connectivity index (χ3n) is 4.61. The lowest BCUT2D eigenvalue weighted by atomic mass is 10.0. The van der Waals surface area contributed by atoms with Gasteiger partial charge < -0.3 is 25.4 Å². The summed E-state index contributed by atoms with van der Waals surface area (Å²) in [5.41, 5.74) is 4.28. The van der Waals surface area contributed by atoms with Gasteiger partial charge in [0, 0.05) is 6.07 Å². The van der Waals surface area contributed by atoms with Crippen molar-refractivity contribution in [2.75, 3.05) is 30.2 Å². The Morgan fingerprint density at radius 1 is 1.07 bits per heavy atom. The van der Waals surface area contributed by atoms with Crippen LogP contribution in [0, 0.1) is 13.8 Å². The van der Waals surface area contributed by atoms with Crippen molar-refractivity contribution in [2.45, 2.75) is 26.3 Å². The molecule has 0 aromatic heterocycles. The fourth-order valence-electron chi connectivity index (χ4n) is 2.94.